The molecule has 1 saturated heterocycles. The fraction of sp³-hybridized carbons (Fsp3) is 0.333. The third-order valence-electron chi connectivity index (χ3n) is 6.15. The van der Waals surface area contributed by atoms with E-state index < -0.39 is 0 Å². The molecule has 4 rings (SSSR count). The second-order valence-electron chi connectivity index (χ2n) is 8.93. The summed E-state index contributed by atoms with van der Waals surface area (Å²) in [6, 6.07) is 18.3. The lowest BCUT2D eigenvalue weighted by molar-refractivity contribution is -0.161. The molecule has 40 heavy (non-hydrogen) atoms. The maximum atomic E-state index is 12.9. The van der Waals surface area contributed by atoms with E-state index in [0.717, 1.165) is 41.9 Å². The molecule has 0 aliphatic carbocycles. The third kappa shape index (κ3) is 8.27. The number of hydrogen-bond donors (Lipinski definition) is 1. The quantitative estimate of drug-likeness (QED) is 0.206. The van der Waals surface area contributed by atoms with Gasteiger partial charge in [0.1, 0.15) is 24.7 Å². The molecule has 0 radical (unpaired) electrons. The van der Waals surface area contributed by atoms with Crippen LogP contribution in [0.25, 0.3) is 0 Å². The number of ether oxygens (including phenoxy) is 5. The van der Waals surface area contributed by atoms with Crippen LogP contribution >= 0.6 is 11.6 Å². The number of halogens is 1. The highest BCUT2D eigenvalue weighted by atomic mass is 35.5. The number of hydrogen-bond acceptors (Lipinski definition) is 8. The van der Waals surface area contributed by atoms with Gasteiger partial charge < -0.3 is 33.8 Å². The topological polar surface area (TPSA) is 96.8 Å². The number of carbonyl (C=O) groups is 1. The predicted octanol–water partition coefficient (Wildman–Crippen LogP) is 5.77. The van der Waals surface area contributed by atoms with Gasteiger partial charge in [-0.1, -0.05) is 41.0 Å². The van der Waals surface area contributed by atoms with E-state index in [1.165, 1.54) is 6.21 Å². The predicted molar refractivity (Wildman–Crippen MR) is 152 cm³/mol. The first kappa shape index (κ1) is 29.0. The Morgan fingerprint density at radius 2 is 1.60 bits per heavy atom. The zero-order valence-electron chi connectivity index (χ0n) is 22.6. The highest BCUT2D eigenvalue weighted by molar-refractivity contribution is 6.35. The van der Waals surface area contributed by atoms with E-state index >= 15 is 0 Å². The van der Waals surface area contributed by atoms with Crippen molar-refractivity contribution in [2.45, 2.75) is 38.8 Å². The molecule has 1 unspecified atom stereocenters. The molecule has 0 aromatic heterocycles. The maximum Gasteiger partial charge on any atom is 0.253 e. The van der Waals surface area contributed by atoms with E-state index in [2.05, 4.69) is 10.5 Å². The van der Waals surface area contributed by atoms with Crippen LogP contribution in [0, 0.1) is 0 Å². The summed E-state index contributed by atoms with van der Waals surface area (Å²) in [4.78, 5) is 18.2. The van der Waals surface area contributed by atoms with Gasteiger partial charge in [0, 0.05) is 6.42 Å². The molecule has 0 saturated carbocycles. The number of nitrogens with zero attached hydrogens (tertiary/aromatic N) is 1. The highest BCUT2D eigenvalue weighted by Gasteiger charge is 2.20. The molecule has 3 aromatic rings. The summed E-state index contributed by atoms with van der Waals surface area (Å²) >= 11 is 6.71. The van der Waals surface area contributed by atoms with Crippen LogP contribution in [0.1, 0.15) is 40.7 Å². The van der Waals surface area contributed by atoms with E-state index in [0.29, 0.717) is 12.4 Å². The number of rotatable bonds is 13. The van der Waals surface area contributed by atoms with E-state index in [9.17, 15) is 4.79 Å². The van der Waals surface area contributed by atoms with Crippen LogP contribution in [0.2, 0.25) is 5.02 Å². The van der Waals surface area contributed by atoms with E-state index in [1.807, 2.05) is 48.5 Å². The fourth-order valence-corrected chi connectivity index (χ4v) is 4.19. The summed E-state index contributed by atoms with van der Waals surface area (Å²) in [5.74, 6) is 1.79. The molecule has 1 atom stereocenters. The first-order chi connectivity index (χ1) is 19.6. The summed E-state index contributed by atoms with van der Waals surface area (Å²) in [6.07, 6.45) is 3.99. The second-order valence-corrected chi connectivity index (χ2v) is 9.31. The van der Waals surface area contributed by atoms with Crippen molar-refractivity contribution in [2.75, 3.05) is 27.4 Å². The minimum atomic E-state index is -0.388. The lowest BCUT2D eigenvalue weighted by atomic mass is 10.1. The van der Waals surface area contributed by atoms with Crippen LogP contribution in [0.5, 0.6) is 23.0 Å². The summed E-state index contributed by atoms with van der Waals surface area (Å²) in [5.41, 5.74) is 2.07. The minimum absolute atomic E-state index is 0.141. The van der Waals surface area contributed by atoms with Gasteiger partial charge in [-0.05, 0) is 60.4 Å². The van der Waals surface area contributed by atoms with Gasteiger partial charge in [0.25, 0.3) is 5.91 Å². The van der Waals surface area contributed by atoms with Crippen molar-refractivity contribution in [3.8, 4) is 23.0 Å². The Bertz CT molecular complexity index is 1260. The zero-order chi connectivity index (χ0) is 28.2. The molecule has 1 aliphatic rings. The normalized spacial score (nSPS) is 14.9. The second kappa shape index (κ2) is 15.0. The molecule has 1 fully saturated rings. The van der Waals surface area contributed by atoms with Gasteiger partial charge in [-0.25, -0.2) is 0 Å². The van der Waals surface area contributed by atoms with Crippen molar-refractivity contribution < 1.29 is 33.3 Å². The Labute approximate surface area is 238 Å². The number of methoxy groups -OCH3 is 2. The number of oxime groups is 1. The molecule has 212 valence electrons. The zero-order valence-corrected chi connectivity index (χ0v) is 23.3. The van der Waals surface area contributed by atoms with Crippen molar-refractivity contribution in [2.24, 2.45) is 5.16 Å². The smallest absolute Gasteiger partial charge is 0.253 e. The molecule has 0 spiro atoms. The molecule has 0 bridgehead atoms. The molecule has 3 aromatic carbocycles. The highest BCUT2D eigenvalue weighted by Crippen LogP contribution is 2.39. The van der Waals surface area contributed by atoms with Crippen molar-refractivity contribution >= 4 is 23.7 Å². The molecule has 10 heteroatoms. The number of carbonyl (C=O) groups excluding carboxylic acids is 1. The van der Waals surface area contributed by atoms with Gasteiger partial charge in [-0.3, -0.25) is 4.79 Å². The summed E-state index contributed by atoms with van der Waals surface area (Å²) in [6.45, 7) is 1.30. The largest absolute Gasteiger partial charge is 0.497 e. The molecule has 1 heterocycles. The van der Waals surface area contributed by atoms with Crippen LogP contribution in [0.3, 0.4) is 0 Å². The monoisotopic (exact) mass is 568 g/mol. The number of amides is 1. The van der Waals surface area contributed by atoms with Gasteiger partial charge in [0.05, 0.1) is 44.2 Å². The van der Waals surface area contributed by atoms with E-state index in [4.69, 9.17) is 40.1 Å². The van der Waals surface area contributed by atoms with Crippen LogP contribution in [0.4, 0.5) is 0 Å². The van der Waals surface area contributed by atoms with Gasteiger partial charge in [0.15, 0.2) is 11.5 Å². The lowest BCUT2D eigenvalue weighted by Crippen LogP contribution is -2.26. The Kier molecular flexibility index (Phi) is 10.9. The van der Waals surface area contributed by atoms with Gasteiger partial charge in [0.2, 0.25) is 6.29 Å². The Hall–Kier alpha value is -3.95. The molecule has 9 nitrogen and oxygen atoms in total. The Morgan fingerprint density at radius 1 is 0.950 bits per heavy atom. The average Bonchev–Trinajstić information content (AvgIpc) is 3.00. The Morgan fingerprint density at radius 3 is 2.20 bits per heavy atom. The van der Waals surface area contributed by atoms with E-state index in [1.54, 1.807) is 26.4 Å². The molecule has 1 aliphatic heterocycles. The first-order valence-electron chi connectivity index (χ1n) is 13.0. The standard InChI is InChI=1S/C30H33ClN2O7/c1-35-23-10-6-21(7-11-23)19-38-26-15-14-25(30(34)32-16-17-33-40-27-5-3-4-18-37-27)28(31)29(26)39-20-22-8-12-24(36-2)13-9-22/h6-15,17,27H,3-5,16,18-20H2,1-2H3,(H,32,34)/b33-17+. The molecular weight excluding hydrogens is 536 g/mol. The summed E-state index contributed by atoms with van der Waals surface area (Å²) in [5, 5.41) is 6.80. The van der Waals surface area contributed by atoms with Crippen molar-refractivity contribution in [3.63, 3.8) is 0 Å². The number of nitrogens with one attached hydrogen (secondary N) is 1. The molecular formula is C30H33ClN2O7. The van der Waals surface area contributed by atoms with Gasteiger partial charge in [-0.2, -0.15) is 0 Å². The lowest BCUT2D eigenvalue weighted by Gasteiger charge is -2.19. The molecule has 1 amide bonds. The molecule has 1 N–H and O–H groups in total. The summed E-state index contributed by atoms with van der Waals surface area (Å²) in [7, 11) is 3.23. The number of benzene rings is 3. The summed E-state index contributed by atoms with van der Waals surface area (Å²) < 4.78 is 28.1. The van der Waals surface area contributed by atoms with Crippen molar-refractivity contribution in [3.05, 3.63) is 82.4 Å². The SMILES string of the molecule is COc1ccc(COc2ccc(C(=O)NC/C=N/OC3CCCCO3)c(Cl)c2OCc2ccc(OC)cc2)cc1. The third-order valence-corrected chi connectivity index (χ3v) is 6.52. The van der Waals surface area contributed by atoms with Crippen molar-refractivity contribution in [1.29, 1.82) is 0 Å². The average molecular weight is 569 g/mol. The minimum Gasteiger partial charge on any atom is -0.497 e. The van der Waals surface area contributed by atoms with Crippen LogP contribution < -0.4 is 24.3 Å². The van der Waals surface area contributed by atoms with Gasteiger partial charge in [-0.15, -0.1) is 0 Å². The van der Waals surface area contributed by atoms with Gasteiger partial charge >= 0.3 is 0 Å². The van der Waals surface area contributed by atoms with Crippen LogP contribution in [-0.2, 0) is 22.8 Å². The maximum absolute atomic E-state index is 12.9. The van der Waals surface area contributed by atoms with E-state index in [-0.39, 0.29) is 48.3 Å². The van der Waals surface area contributed by atoms with Crippen LogP contribution in [0.15, 0.2) is 65.8 Å². The van der Waals surface area contributed by atoms with Crippen LogP contribution in [-0.4, -0.2) is 45.8 Å². The Balaban J connectivity index is 1.44. The van der Waals surface area contributed by atoms with Crippen molar-refractivity contribution in [1.82, 2.24) is 5.32 Å². The fourth-order valence-electron chi connectivity index (χ4n) is 3.90. The first-order valence-corrected chi connectivity index (χ1v) is 13.4.